The molecule has 4 aromatic heterocycles. The van der Waals surface area contributed by atoms with Crippen LogP contribution in [-0.2, 0) is 0 Å². The third-order valence-electron chi connectivity index (χ3n) is 5.94. The molecule has 0 bridgehead atoms. The zero-order chi connectivity index (χ0) is 21.4. The van der Waals surface area contributed by atoms with Crippen LogP contribution in [0.15, 0.2) is 69.5 Å². The van der Waals surface area contributed by atoms with Crippen LogP contribution in [0.2, 0.25) is 0 Å². The van der Waals surface area contributed by atoms with E-state index in [0.717, 1.165) is 27.6 Å². The van der Waals surface area contributed by atoms with Crippen LogP contribution in [0.5, 0.6) is 5.95 Å². The van der Waals surface area contributed by atoms with Crippen LogP contribution < -0.4 is 4.74 Å². The summed E-state index contributed by atoms with van der Waals surface area (Å²) in [6.07, 6.45) is 0.745. The molecule has 3 aromatic carbocycles. The van der Waals surface area contributed by atoms with Gasteiger partial charge in [-0.1, -0.05) is 24.3 Å². The summed E-state index contributed by atoms with van der Waals surface area (Å²) < 4.78 is 19.5. The molecule has 0 N–H and O–H groups in total. The lowest BCUT2D eigenvalue weighted by molar-refractivity contribution is 0.110. The Balaban J connectivity index is 1.68. The maximum atomic E-state index is 11.2. The third-order valence-corrected chi connectivity index (χ3v) is 8.28. The quantitative estimate of drug-likeness (QED) is 0.199. The van der Waals surface area contributed by atoms with E-state index in [1.54, 1.807) is 35.8 Å². The Bertz CT molecular complexity index is 1790. The lowest BCUT2D eigenvalue weighted by Crippen LogP contribution is -1.81. The normalized spacial score (nSPS) is 12.0. The minimum absolute atomic E-state index is 0.337. The first-order chi connectivity index (χ1) is 15.8. The smallest absolute Gasteiger partial charge is 0.284 e. The molecule has 32 heavy (non-hydrogen) atoms. The molecule has 0 saturated carbocycles. The van der Waals surface area contributed by atoms with Crippen molar-refractivity contribution in [2.24, 2.45) is 0 Å². The molecule has 0 amide bonds. The van der Waals surface area contributed by atoms with E-state index in [1.165, 1.54) is 41.7 Å². The molecule has 4 nitrogen and oxygen atoms in total. The molecule has 0 aliphatic rings. The van der Waals surface area contributed by atoms with E-state index in [1.807, 2.05) is 18.2 Å². The molecule has 0 fully saturated rings. The van der Waals surface area contributed by atoms with Gasteiger partial charge in [0, 0.05) is 37.0 Å². The van der Waals surface area contributed by atoms with Crippen LogP contribution >= 0.6 is 22.7 Å². The molecular formula is C26H14O4S2. The molecule has 0 aliphatic carbocycles. The average Bonchev–Trinajstić information content (AvgIpc) is 3.61. The third kappa shape index (κ3) is 2.28. The number of carbonyl (C=O) groups excluding carboxylic acids is 1. The summed E-state index contributed by atoms with van der Waals surface area (Å²) in [5, 5.41) is 7.19. The molecule has 7 aromatic rings. The van der Waals surface area contributed by atoms with Crippen LogP contribution in [0.1, 0.15) is 10.6 Å². The van der Waals surface area contributed by atoms with Gasteiger partial charge in [-0.3, -0.25) is 4.79 Å². The predicted molar refractivity (Wildman–Crippen MR) is 131 cm³/mol. The van der Waals surface area contributed by atoms with Gasteiger partial charge in [-0.2, -0.15) is 0 Å². The van der Waals surface area contributed by atoms with Gasteiger partial charge in [0.1, 0.15) is 11.5 Å². The van der Waals surface area contributed by atoms with Crippen LogP contribution in [0.4, 0.5) is 0 Å². The molecule has 0 radical (unpaired) electrons. The lowest BCUT2D eigenvalue weighted by Gasteiger charge is -2.08. The number of methoxy groups -OCH3 is 1. The number of fused-ring (bicyclic) bond motifs is 2. The van der Waals surface area contributed by atoms with Crippen LogP contribution in [0, 0.1) is 0 Å². The van der Waals surface area contributed by atoms with E-state index in [-0.39, 0.29) is 0 Å². The Hall–Kier alpha value is -3.61. The van der Waals surface area contributed by atoms with E-state index in [2.05, 4.69) is 36.4 Å². The number of benzene rings is 3. The maximum Gasteiger partial charge on any atom is 0.284 e. The van der Waals surface area contributed by atoms with Crippen LogP contribution in [0.3, 0.4) is 0 Å². The van der Waals surface area contributed by atoms with Crippen molar-refractivity contribution >= 4 is 70.7 Å². The summed E-state index contributed by atoms with van der Waals surface area (Å²) in [5.74, 6) is 2.37. The molecular weight excluding hydrogens is 440 g/mol. The number of hydrogen-bond donors (Lipinski definition) is 0. The summed E-state index contributed by atoms with van der Waals surface area (Å²) >= 11 is 3.43. The number of hydrogen-bond acceptors (Lipinski definition) is 6. The summed E-state index contributed by atoms with van der Waals surface area (Å²) in [6.45, 7) is 0. The molecule has 0 saturated heterocycles. The lowest BCUT2D eigenvalue weighted by atomic mass is 9.94. The van der Waals surface area contributed by atoms with Crippen molar-refractivity contribution in [2.75, 3.05) is 7.11 Å². The number of rotatable bonds is 4. The highest BCUT2D eigenvalue weighted by molar-refractivity contribution is 7.25. The Labute approximate surface area is 189 Å². The Morgan fingerprint density at radius 1 is 0.719 bits per heavy atom. The SMILES string of the molecule is COc1ccc(-c2sc3cccc4c5c(-c6ccc(C=O)o6)sc6cccc(c2c34)c65)o1. The molecule has 154 valence electrons. The van der Waals surface area contributed by atoms with Gasteiger partial charge in [0.05, 0.1) is 16.9 Å². The van der Waals surface area contributed by atoms with E-state index >= 15 is 0 Å². The fourth-order valence-electron chi connectivity index (χ4n) is 4.66. The summed E-state index contributed by atoms with van der Waals surface area (Å²) in [7, 11) is 1.61. The van der Waals surface area contributed by atoms with Gasteiger partial charge in [-0.05, 0) is 41.1 Å². The minimum Gasteiger partial charge on any atom is -0.468 e. The van der Waals surface area contributed by atoms with Crippen molar-refractivity contribution in [3.8, 4) is 27.2 Å². The second-order valence-electron chi connectivity index (χ2n) is 7.61. The first-order valence-corrected chi connectivity index (χ1v) is 11.7. The Morgan fingerprint density at radius 3 is 1.84 bits per heavy atom. The Kier molecular flexibility index (Phi) is 3.63. The fourth-order valence-corrected chi connectivity index (χ4v) is 7.07. The van der Waals surface area contributed by atoms with Crippen LogP contribution in [-0.4, -0.2) is 13.4 Å². The molecule has 0 atom stereocenters. The highest BCUT2D eigenvalue weighted by Gasteiger charge is 2.24. The van der Waals surface area contributed by atoms with Gasteiger partial charge in [0.25, 0.3) is 5.95 Å². The van der Waals surface area contributed by atoms with Crippen LogP contribution in [0.25, 0.3) is 63.0 Å². The summed E-state index contributed by atoms with van der Waals surface area (Å²) in [4.78, 5) is 13.4. The molecule has 4 heterocycles. The largest absolute Gasteiger partial charge is 0.468 e. The maximum absolute atomic E-state index is 11.2. The van der Waals surface area contributed by atoms with Gasteiger partial charge in [0.15, 0.2) is 12.0 Å². The van der Waals surface area contributed by atoms with Gasteiger partial charge >= 0.3 is 0 Å². The number of aldehydes is 1. The van der Waals surface area contributed by atoms with Gasteiger partial charge in [-0.25, -0.2) is 0 Å². The van der Waals surface area contributed by atoms with Crippen molar-refractivity contribution in [1.29, 1.82) is 0 Å². The van der Waals surface area contributed by atoms with Crippen molar-refractivity contribution in [3.05, 3.63) is 66.4 Å². The number of thiophene rings is 2. The fraction of sp³-hybridized carbons (Fsp3) is 0.0385. The zero-order valence-electron chi connectivity index (χ0n) is 16.8. The first kappa shape index (κ1) is 18.0. The van der Waals surface area contributed by atoms with Gasteiger partial charge in [0.2, 0.25) is 0 Å². The van der Waals surface area contributed by atoms with Crippen molar-refractivity contribution in [1.82, 2.24) is 0 Å². The number of carbonyl (C=O) groups is 1. The second kappa shape index (κ2) is 6.45. The predicted octanol–water partition coefficient (Wildman–Crippen LogP) is 8.20. The highest BCUT2D eigenvalue weighted by Crippen LogP contribution is 2.53. The Morgan fingerprint density at radius 2 is 1.31 bits per heavy atom. The summed E-state index contributed by atoms with van der Waals surface area (Å²) in [5.41, 5.74) is 0. The molecule has 0 unspecified atom stereocenters. The monoisotopic (exact) mass is 454 g/mol. The van der Waals surface area contributed by atoms with E-state index < -0.39 is 0 Å². The first-order valence-electron chi connectivity index (χ1n) is 10.1. The standard InChI is InChI=1S/C26H14O4S2/c1-28-20-11-10-17(30-20)26-24-15-5-3-6-18-21(15)23(14-4-2-7-19(32-26)22(14)24)25(31-18)16-9-8-13(12-27)29-16/h2-12H,1H3. The molecule has 7 rings (SSSR count). The second-order valence-corrected chi connectivity index (χ2v) is 9.72. The van der Waals surface area contributed by atoms with E-state index in [0.29, 0.717) is 11.7 Å². The topological polar surface area (TPSA) is 52.6 Å². The van der Waals surface area contributed by atoms with E-state index in [4.69, 9.17) is 13.6 Å². The molecule has 0 aliphatic heterocycles. The zero-order valence-corrected chi connectivity index (χ0v) is 18.4. The number of furan rings is 2. The number of ether oxygens (including phenoxy) is 1. The highest BCUT2D eigenvalue weighted by atomic mass is 32.1. The van der Waals surface area contributed by atoms with Crippen molar-refractivity contribution < 1.29 is 18.4 Å². The van der Waals surface area contributed by atoms with Gasteiger partial charge in [-0.15, -0.1) is 22.7 Å². The summed E-state index contributed by atoms with van der Waals surface area (Å²) in [6, 6.07) is 20.3. The average molecular weight is 455 g/mol. The van der Waals surface area contributed by atoms with Crippen molar-refractivity contribution in [2.45, 2.75) is 0 Å². The van der Waals surface area contributed by atoms with Crippen molar-refractivity contribution in [3.63, 3.8) is 0 Å². The minimum atomic E-state index is 0.337. The van der Waals surface area contributed by atoms with Gasteiger partial charge < -0.3 is 13.6 Å². The van der Waals surface area contributed by atoms with E-state index in [9.17, 15) is 4.79 Å². The molecule has 6 heteroatoms. The molecule has 0 spiro atoms.